The van der Waals surface area contributed by atoms with E-state index in [0.717, 1.165) is 0 Å². The van der Waals surface area contributed by atoms with Crippen LogP contribution < -0.4 is 4.74 Å². The number of ether oxygens (including phenoxy) is 1. The quantitative estimate of drug-likeness (QED) is 0.257. The van der Waals surface area contributed by atoms with E-state index >= 15 is 0 Å². The smallest absolute Gasteiger partial charge is 0.434 e. The number of alkyl halides is 9. The van der Waals surface area contributed by atoms with Crippen LogP contribution in [-0.2, 0) is 12.1 Å². The number of rotatable bonds is 6. The topological polar surface area (TPSA) is 39.2 Å². The van der Waals surface area contributed by atoms with Gasteiger partial charge in [-0.15, -0.1) is 0 Å². The molecule has 0 bridgehead atoms. The number of fused-ring (bicyclic) bond motifs is 1. The molecule has 3 rings (SSSR count). The van der Waals surface area contributed by atoms with Crippen LogP contribution in [-0.4, -0.2) is 29.7 Å². The third-order valence-electron chi connectivity index (χ3n) is 4.81. The van der Waals surface area contributed by atoms with E-state index in [0.29, 0.717) is 10.9 Å². The van der Waals surface area contributed by atoms with Crippen LogP contribution in [0.5, 0.6) is 5.75 Å². The highest BCUT2D eigenvalue weighted by molar-refractivity contribution is 6.32. The third-order valence-corrected chi connectivity index (χ3v) is 5.15. The lowest BCUT2D eigenvalue weighted by molar-refractivity contribution is -0.348. The Bertz CT molecular complexity index is 1210. The molecule has 3 aromatic rings. The molecule has 1 aromatic heterocycles. The predicted molar refractivity (Wildman–Crippen MR) is 103 cm³/mol. The van der Waals surface area contributed by atoms with Gasteiger partial charge in [-0.1, -0.05) is 17.7 Å². The van der Waals surface area contributed by atoms with Crippen LogP contribution in [0, 0.1) is 0 Å². The zero-order chi connectivity index (χ0) is 25.5. The summed E-state index contributed by atoms with van der Waals surface area (Å²) in [6.45, 7) is -3.72. The van der Waals surface area contributed by atoms with E-state index in [-0.39, 0.29) is 17.7 Å². The van der Waals surface area contributed by atoms with E-state index in [1.807, 2.05) is 0 Å². The summed E-state index contributed by atoms with van der Waals surface area (Å²) in [5.74, 6) is -2.08. The number of hydrogen-bond acceptors (Lipinski definition) is 3. The molecule has 0 unspecified atom stereocenters. The standard InChI is InChI=1S/C21H11ClF9NO2/c22-14-7-12(19(25,20(26,27)28)21(29,30)31)8-17(34-18(23)24)13(14)9-16(33)11-3-4-15-10(6-11)2-1-5-32-15/h1-8,18H,9H2. The number of Topliss-reactive ketones (excluding diaryl/α,β-unsaturated/α-hetero) is 1. The molecule has 182 valence electrons. The molecule has 0 fully saturated rings. The maximum Gasteiger partial charge on any atom is 0.435 e. The van der Waals surface area contributed by atoms with Crippen molar-refractivity contribution in [3.05, 3.63) is 70.4 Å². The van der Waals surface area contributed by atoms with Crippen LogP contribution in [0.1, 0.15) is 21.5 Å². The first-order valence-electron chi connectivity index (χ1n) is 9.13. The van der Waals surface area contributed by atoms with Gasteiger partial charge in [0.05, 0.1) is 5.52 Å². The predicted octanol–water partition coefficient (Wildman–Crippen LogP) is 7.20. The fourth-order valence-electron chi connectivity index (χ4n) is 3.18. The van der Waals surface area contributed by atoms with E-state index in [1.54, 1.807) is 12.1 Å². The van der Waals surface area contributed by atoms with Crippen LogP contribution >= 0.6 is 11.6 Å². The van der Waals surface area contributed by atoms with Crippen LogP contribution in [0.4, 0.5) is 39.5 Å². The van der Waals surface area contributed by atoms with Crippen molar-refractivity contribution in [2.24, 2.45) is 0 Å². The second-order valence-electron chi connectivity index (χ2n) is 6.98. The Morgan fingerprint density at radius 2 is 1.62 bits per heavy atom. The Kier molecular flexibility index (Phi) is 6.75. The van der Waals surface area contributed by atoms with Crippen molar-refractivity contribution in [3.63, 3.8) is 0 Å². The molecule has 0 N–H and O–H groups in total. The van der Waals surface area contributed by atoms with Gasteiger partial charge in [-0.05, 0) is 36.4 Å². The van der Waals surface area contributed by atoms with Crippen molar-refractivity contribution in [1.29, 1.82) is 0 Å². The van der Waals surface area contributed by atoms with Crippen LogP contribution in [0.25, 0.3) is 10.9 Å². The highest BCUT2D eigenvalue weighted by Gasteiger charge is 2.73. The fourth-order valence-corrected chi connectivity index (χ4v) is 3.46. The number of benzene rings is 2. The van der Waals surface area contributed by atoms with Crippen LogP contribution in [0.2, 0.25) is 5.02 Å². The Morgan fingerprint density at radius 1 is 0.971 bits per heavy atom. The number of ketones is 1. The highest BCUT2D eigenvalue weighted by atomic mass is 35.5. The van der Waals surface area contributed by atoms with Gasteiger partial charge in [-0.3, -0.25) is 9.78 Å². The molecule has 0 saturated heterocycles. The number of carbonyl (C=O) groups is 1. The summed E-state index contributed by atoms with van der Waals surface area (Å²) in [5, 5.41) is -0.476. The first-order valence-corrected chi connectivity index (χ1v) is 9.51. The molecule has 0 spiro atoms. The molecule has 0 saturated carbocycles. The molecule has 0 radical (unpaired) electrons. The minimum absolute atomic E-state index is 0.0200. The molecular weight excluding hydrogens is 505 g/mol. The molecule has 3 nitrogen and oxygen atoms in total. The largest absolute Gasteiger partial charge is 0.435 e. The van der Waals surface area contributed by atoms with E-state index in [1.165, 1.54) is 24.4 Å². The van der Waals surface area contributed by atoms with Crippen molar-refractivity contribution in [2.75, 3.05) is 0 Å². The number of pyridine rings is 1. The van der Waals surface area contributed by atoms with Gasteiger partial charge in [-0.2, -0.15) is 35.1 Å². The monoisotopic (exact) mass is 515 g/mol. The molecule has 0 aliphatic carbocycles. The van der Waals surface area contributed by atoms with Crippen molar-refractivity contribution in [3.8, 4) is 5.75 Å². The summed E-state index contributed by atoms with van der Waals surface area (Å²) in [4.78, 5) is 16.7. The van der Waals surface area contributed by atoms with Crippen LogP contribution in [0.3, 0.4) is 0 Å². The summed E-state index contributed by atoms with van der Waals surface area (Å²) in [5.41, 5.74) is -8.16. The third kappa shape index (κ3) is 4.77. The van der Waals surface area contributed by atoms with E-state index in [9.17, 15) is 44.3 Å². The minimum Gasteiger partial charge on any atom is -0.434 e. The average Bonchev–Trinajstić information content (AvgIpc) is 2.72. The molecular formula is C21H11ClF9NO2. The van der Waals surface area contributed by atoms with E-state index in [4.69, 9.17) is 11.6 Å². The lowest BCUT2D eigenvalue weighted by atomic mass is 9.91. The lowest BCUT2D eigenvalue weighted by Gasteiger charge is -2.31. The molecule has 2 aromatic carbocycles. The van der Waals surface area contributed by atoms with Crippen molar-refractivity contribution in [1.82, 2.24) is 4.98 Å². The summed E-state index contributed by atoms with van der Waals surface area (Å²) in [6.07, 6.45) is -12.4. The lowest BCUT2D eigenvalue weighted by Crippen LogP contribution is -2.50. The van der Waals surface area contributed by atoms with Gasteiger partial charge in [0.25, 0.3) is 0 Å². The Balaban J connectivity index is 2.09. The van der Waals surface area contributed by atoms with Crippen molar-refractivity contribution < 1.29 is 49.0 Å². The highest BCUT2D eigenvalue weighted by Crippen LogP contribution is 2.54. The van der Waals surface area contributed by atoms with Gasteiger partial charge >= 0.3 is 24.6 Å². The Morgan fingerprint density at radius 3 is 2.21 bits per heavy atom. The summed E-state index contributed by atoms with van der Waals surface area (Å²) < 4.78 is 123. The number of hydrogen-bond donors (Lipinski definition) is 0. The maximum absolute atomic E-state index is 14.4. The first kappa shape index (κ1) is 25.6. The molecule has 0 amide bonds. The van der Waals surface area contributed by atoms with Gasteiger partial charge in [0.15, 0.2) is 5.78 Å². The second-order valence-corrected chi connectivity index (χ2v) is 7.39. The zero-order valence-corrected chi connectivity index (χ0v) is 17.2. The summed E-state index contributed by atoms with van der Waals surface area (Å²) in [6, 6.07) is 7.16. The average molecular weight is 516 g/mol. The summed E-state index contributed by atoms with van der Waals surface area (Å²) >= 11 is 5.76. The van der Waals surface area contributed by atoms with Crippen molar-refractivity contribution >= 4 is 28.3 Å². The Labute approximate surface area is 190 Å². The summed E-state index contributed by atoms with van der Waals surface area (Å²) in [7, 11) is 0. The number of carbonyl (C=O) groups excluding carboxylic acids is 1. The van der Waals surface area contributed by atoms with E-state index in [2.05, 4.69) is 9.72 Å². The molecule has 0 atom stereocenters. The SMILES string of the molecule is O=C(Cc1c(Cl)cc(C(F)(C(F)(F)F)C(F)(F)F)cc1OC(F)F)c1ccc2ncccc2c1. The molecule has 34 heavy (non-hydrogen) atoms. The number of halogens is 10. The number of nitrogens with zero attached hydrogens (tertiary/aromatic N) is 1. The normalized spacial score (nSPS) is 12.9. The second kappa shape index (κ2) is 8.97. The minimum atomic E-state index is -6.51. The molecule has 0 aliphatic heterocycles. The molecule has 0 aliphatic rings. The number of aromatic nitrogens is 1. The van der Waals surface area contributed by atoms with Gasteiger partial charge in [0, 0.05) is 39.7 Å². The van der Waals surface area contributed by atoms with Gasteiger partial charge in [-0.25, -0.2) is 4.39 Å². The fraction of sp³-hybridized carbons (Fsp3) is 0.238. The zero-order valence-electron chi connectivity index (χ0n) is 16.4. The first-order chi connectivity index (χ1) is 15.6. The van der Waals surface area contributed by atoms with Gasteiger partial charge in [0.2, 0.25) is 0 Å². The van der Waals surface area contributed by atoms with Crippen molar-refractivity contribution in [2.45, 2.75) is 31.1 Å². The Hall–Kier alpha value is -3.02. The maximum atomic E-state index is 14.4. The van der Waals surface area contributed by atoms with Gasteiger partial charge < -0.3 is 4.74 Å². The molecule has 1 heterocycles. The molecule has 13 heteroatoms. The van der Waals surface area contributed by atoms with Gasteiger partial charge in [0.1, 0.15) is 5.75 Å². The van der Waals surface area contributed by atoms with Crippen LogP contribution in [0.15, 0.2) is 48.7 Å². The van der Waals surface area contributed by atoms with E-state index < -0.39 is 58.7 Å².